The normalized spacial score (nSPS) is 12.4. The molecule has 0 amide bonds. The maximum absolute atomic E-state index is 13.8. The second-order valence-corrected chi connectivity index (χ2v) is 5.59. The highest BCUT2D eigenvalue weighted by molar-refractivity contribution is 14.1. The van der Waals surface area contributed by atoms with Gasteiger partial charge in [0.1, 0.15) is 5.82 Å². The summed E-state index contributed by atoms with van der Waals surface area (Å²) in [5.74, 6) is -0.128. The average Bonchev–Trinajstić information content (AvgIpc) is 2.41. The van der Waals surface area contributed by atoms with Crippen LogP contribution in [0.15, 0.2) is 48.5 Å². The summed E-state index contributed by atoms with van der Waals surface area (Å²) in [5.41, 5.74) is 1.99. The molecule has 0 aliphatic rings. The van der Waals surface area contributed by atoms with Gasteiger partial charge in [0.05, 0.1) is 0 Å². The van der Waals surface area contributed by atoms with Gasteiger partial charge in [-0.05, 0) is 58.8 Å². The topological polar surface area (TPSA) is 12.0 Å². The molecule has 2 rings (SSSR count). The Kier molecular flexibility index (Phi) is 5.34. The third-order valence-electron chi connectivity index (χ3n) is 3.11. The van der Waals surface area contributed by atoms with Gasteiger partial charge in [0.25, 0.3) is 0 Å². The molecule has 0 saturated heterocycles. The molecule has 1 nitrogen and oxygen atoms in total. The van der Waals surface area contributed by atoms with Gasteiger partial charge in [-0.15, -0.1) is 0 Å². The van der Waals surface area contributed by atoms with Crippen LogP contribution < -0.4 is 5.32 Å². The molecular weight excluding hydrogens is 352 g/mol. The summed E-state index contributed by atoms with van der Waals surface area (Å²) in [6.45, 7) is 2.94. The largest absolute Gasteiger partial charge is 0.310 e. The van der Waals surface area contributed by atoms with Gasteiger partial charge < -0.3 is 5.32 Å². The van der Waals surface area contributed by atoms with Crippen molar-refractivity contribution >= 4 is 22.6 Å². The standard InChI is InChI=1S/C16H17FIN/c1-2-19-16(13-8-4-6-10-15(13)18)11-12-7-3-5-9-14(12)17/h3-10,16,19H,2,11H2,1H3. The van der Waals surface area contributed by atoms with E-state index in [1.54, 1.807) is 6.07 Å². The quantitative estimate of drug-likeness (QED) is 0.774. The maximum Gasteiger partial charge on any atom is 0.126 e. The zero-order valence-electron chi connectivity index (χ0n) is 10.9. The number of hydrogen-bond acceptors (Lipinski definition) is 1. The predicted octanol–water partition coefficient (Wildman–Crippen LogP) is 4.32. The zero-order valence-corrected chi connectivity index (χ0v) is 13.0. The fourth-order valence-electron chi connectivity index (χ4n) is 2.18. The molecule has 0 saturated carbocycles. The Morgan fingerprint density at radius 1 is 1.11 bits per heavy atom. The van der Waals surface area contributed by atoms with Gasteiger partial charge in [0, 0.05) is 9.61 Å². The fraction of sp³-hybridized carbons (Fsp3) is 0.250. The Morgan fingerprint density at radius 3 is 2.47 bits per heavy atom. The molecule has 0 spiro atoms. The first-order valence-corrected chi connectivity index (χ1v) is 7.51. The van der Waals surface area contributed by atoms with Gasteiger partial charge in [-0.1, -0.05) is 43.3 Å². The lowest BCUT2D eigenvalue weighted by Crippen LogP contribution is -2.24. The molecule has 0 aliphatic heterocycles. The lowest BCUT2D eigenvalue weighted by atomic mass is 9.98. The third-order valence-corrected chi connectivity index (χ3v) is 4.10. The van der Waals surface area contributed by atoms with Gasteiger partial charge in [0.2, 0.25) is 0 Å². The minimum atomic E-state index is -0.128. The molecule has 2 aromatic carbocycles. The van der Waals surface area contributed by atoms with E-state index in [1.165, 1.54) is 15.2 Å². The summed E-state index contributed by atoms with van der Waals surface area (Å²) in [5, 5.41) is 3.44. The minimum Gasteiger partial charge on any atom is -0.310 e. The van der Waals surface area contributed by atoms with Crippen LogP contribution in [0, 0.1) is 9.39 Å². The highest BCUT2D eigenvalue weighted by Crippen LogP contribution is 2.24. The summed E-state index contributed by atoms with van der Waals surface area (Å²) < 4.78 is 15.0. The first-order valence-electron chi connectivity index (χ1n) is 6.43. The summed E-state index contributed by atoms with van der Waals surface area (Å²) in [6, 6.07) is 15.4. The summed E-state index contributed by atoms with van der Waals surface area (Å²) in [6.07, 6.45) is 0.667. The predicted molar refractivity (Wildman–Crippen MR) is 85.7 cm³/mol. The van der Waals surface area contributed by atoms with Crippen molar-refractivity contribution in [1.29, 1.82) is 0 Å². The van der Waals surface area contributed by atoms with E-state index in [2.05, 4.69) is 47.0 Å². The van der Waals surface area contributed by atoms with Crippen LogP contribution >= 0.6 is 22.6 Å². The van der Waals surface area contributed by atoms with Gasteiger partial charge in [-0.25, -0.2) is 4.39 Å². The molecule has 2 aromatic rings. The van der Waals surface area contributed by atoms with Crippen molar-refractivity contribution in [1.82, 2.24) is 5.32 Å². The Hall–Kier alpha value is -0.940. The highest BCUT2D eigenvalue weighted by atomic mass is 127. The highest BCUT2D eigenvalue weighted by Gasteiger charge is 2.15. The lowest BCUT2D eigenvalue weighted by molar-refractivity contribution is 0.526. The van der Waals surface area contributed by atoms with Crippen molar-refractivity contribution in [3.05, 3.63) is 69.0 Å². The number of hydrogen-bond donors (Lipinski definition) is 1. The average molecular weight is 369 g/mol. The van der Waals surface area contributed by atoms with E-state index >= 15 is 0 Å². The summed E-state index contributed by atoms with van der Waals surface area (Å²) in [4.78, 5) is 0. The molecule has 0 fully saturated rings. The molecule has 0 aromatic heterocycles. The van der Waals surface area contributed by atoms with E-state index < -0.39 is 0 Å². The van der Waals surface area contributed by atoms with E-state index in [4.69, 9.17) is 0 Å². The molecule has 1 unspecified atom stereocenters. The van der Waals surface area contributed by atoms with Crippen molar-refractivity contribution in [2.24, 2.45) is 0 Å². The van der Waals surface area contributed by atoms with Crippen LogP contribution in [0.4, 0.5) is 4.39 Å². The number of likely N-dealkylation sites (N-methyl/N-ethyl adjacent to an activating group) is 1. The Bertz CT molecular complexity index is 542. The number of rotatable bonds is 5. The van der Waals surface area contributed by atoms with Crippen LogP contribution in [0.5, 0.6) is 0 Å². The van der Waals surface area contributed by atoms with E-state index in [0.717, 1.165) is 12.1 Å². The van der Waals surface area contributed by atoms with Gasteiger partial charge in [-0.3, -0.25) is 0 Å². The van der Waals surface area contributed by atoms with Crippen molar-refractivity contribution in [3.8, 4) is 0 Å². The first-order chi connectivity index (χ1) is 9.22. The number of benzene rings is 2. The Morgan fingerprint density at radius 2 is 1.79 bits per heavy atom. The maximum atomic E-state index is 13.8. The van der Waals surface area contributed by atoms with Gasteiger partial charge in [0.15, 0.2) is 0 Å². The smallest absolute Gasteiger partial charge is 0.126 e. The van der Waals surface area contributed by atoms with Crippen molar-refractivity contribution < 1.29 is 4.39 Å². The molecule has 0 aliphatic carbocycles. The SMILES string of the molecule is CCNC(Cc1ccccc1F)c1ccccc1I. The van der Waals surface area contributed by atoms with E-state index in [0.29, 0.717) is 6.42 Å². The van der Waals surface area contributed by atoms with Gasteiger partial charge >= 0.3 is 0 Å². The Labute approximate surface area is 127 Å². The lowest BCUT2D eigenvalue weighted by Gasteiger charge is -2.20. The van der Waals surface area contributed by atoms with E-state index in [-0.39, 0.29) is 11.9 Å². The second kappa shape index (κ2) is 7.01. The van der Waals surface area contributed by atoms with Crippen molar-refractivity contribution in [2.75, 3.05) is 6.54 Å². The molecule has 19 heavy (non-hydrogen) atoms. The molecule has 0 bridgehead atoms. The molecule has 1 N–H and O–H groups in total. The minimum absolute atomic E-state index is 0.128. The van der Waals surface area contributed by atoms with Gasteiger partial charge in [-0.2, -0.15) is 0 Å². The van der Waals surface area contributed by atoms with E-state index in [1.807, 2.05) is 24.3 Å². The first kappa shape index (κ1) is 14.5. The zero-order chi connectivity index (χ0) is 13.7. The second-order valence-electron chi connectivity index (χ2n) is 4.43. The Balaban J connectivity index is 2.27. The monoisotopic (exact) mass is 369 g/mol. The molecule has 0 radical (unpaired) electrons. The summed E-state index contributed by atoms with van der Waals surface area (Å²) in [7, 11) is 0. The van der Waals surface area contributed by atoms with Crippen LogP contribution in [0.25, 0.3) is 0 Å². The van der Waals surface area contributed by atoms with Crippen molar-refractivity contribution in [3.63, 3.8) is 0 Å². The van der Waals surface area contributed by atoms with Crippen LogP contribution in [0.2, 0.25) is 0 Å². The number of nitrogens with one attached hydrogen (secondary N) is 1. The fourth-order valence-corrected chi connectivity index (χ4v) is 2.94. The molecule has 1 atom stereocenters. The molecule has 0 heterocycles. The number of halogens is 2. The van der Waals surface area contributed by atoms with Crippen LogP contribution in [-0.4, -0.2) is 6.54 Å². The van der Waals surface area contributed by atoms with Crippen molar-refractivity contribution in [2.45, 2.75) is 19.4 Å². The van der Waals surface area contributed by atoms with Crippen LogP contribution in [0.1, 0.15) is 24.1 Å². The van der Waals surface area contributed by atoms with E-state index in [9.17, 15) is 4.39 Å². The molecule has 100 valence electrons. The van der Waals surface area contributed by atoms with Crippen LogP contribution in [-0.2, 0) is 6.42 Å². The van der Waals surface area contributed by atoms with Crippen LogP contribution in [0.3, 0.4) is 0 Å². The third kappa shape index (κ3) is 3.76. The molecular formula is C16H17FIN. The summed E-state index contributed by atoms with van der Waals surface area (Å²) >= 11 is 2.33. The molecule has 3 heteroatoms.